The van der Waals surface area contributed by atoms with Gasteiger partial charge in [-0.2, -0.15) is 0 Å². The first-order chi connectivity index (χ1) is 24.3. The summed E-state index contributed by atoms with van der Waals surface area (Å²) in [4.78, 5) is 65.0. The van der Waals surface area contributed by atoms with Gasteiger partial charge in [0, 0.05) is 37.4 Å². The molecule has 0 radical (unpaired) electrons. The van der Waals surface area contributed by atoms with Gasteiger partial charge in [0.1, 0.15) is 11.7 Å². The number of aliphatic hydroxyl groups excluding tert-OH is 1. The molecule has 282 valence electrons. The average molecular weight is 740 g/mol. The average Bonchev–Trinajstić information content (AvgIpc) is 3.09. The number of carbonyl (C=O) groups excluding carboxylic acids is 5. The van der Waals surface area contributed by atoms with Crippen LogP contribution in [-0.4, -0.2) is 73.2 Å². The van der Waals surface area contributed by atoms with E-state index in [1.807, 2.05) is 5.32 Å². The molecule has 0 spiro atoms. The van der Waals surface area contributed by atoms with E-state index >= 15 is 0 Å². The fourth-order valence-corrected chi connectivity index (χ4v) is 5.70. The maximum Gasteiger partial charge on any atom is 0.405 e. The number of benzene rings is 1. The summed E-state index contributed by atoms with van der Waals surface area (Å²) in [5, 5.41) is 15.4. The number of rotatable bonds is 5. The number of carbonyl (C=O) groups is 5. The first-order valence-corrected chi connectivity index (χ1v) is 15.7. The third-order valence-electron chi connectivity index (χ3n) is 8.47. The highest BCUT2D eigenvalue weighted by atomic mass is 19.2. The Balaban J connectivity index is 2.15. The molecule has 5 N–H and O–H groups in total. The van der Waals surface area contributed by atoms with Gasteiger partial charge in [0.05, 0.1) is 23.6 Å². The van der Waals surface area contributed by atoms with E-state index in [1.165, 1.54) is 39.4 Å². The largest absolute Gasteiger partial charge is 0.439 e. The number of primary amides is 1. The van der Waals surface area contributed by atoms with Crippen molar-refractivity contribution in [1.29, 1.82) is 0 Å². The van der Waals surface area contributed by atoms with Crippen LogP contribution in [-0.2, 0) is 28.6 Å². The van der Waals surface area contributed by atoms with Gasteiger partial charge in [-0.3, -0.25) is 19.2 Å². The minimum Gasteiger partial charge on any atom is -0.439 e. The summed E-state index contributed by atoms with van der Waals surface area (Å²) in [6.07, 6.45) is 0.762. The highest BCUT2D eigenvalue weighted by Gasteiger charge is 2.36. The van der Waals surface area contributed by atoms with Gasteiger partial charge in [-0.25, -0.2) is 26.7 Å². The predicted molar refractivity (Wildman–Crippen MR) is 173 cm³/mol. The van der Waals surface area contributed by atoms with Crippen molar-refractivity contribution in [2.45, 2.75) is 65.0 Å². The Morgan fingerprint density at radius 2 is 1.56 bits per heavy atom. The summed E-state index contributed by atoms with van der Waals surface area (Å²) in [6, 6.07) is 0. The Labute approximate surface area is 295 Å². The minimum absolute atomic E-state index is 0.00334. The van der Waals surface area contributed by atoms with E-state index in [2.05, 4.69) is 5.32 Å². The van der Waals surface area contributed by atoms with E-state index in [1.54, 1.807) is 26.8 Å². The quantitative estimate of drug-likeness (QED) is 0.115. The molecule has 1 aliphatic heterocycles. The number of amides is 3. The van der Waals surface area contributed by atoms with Crippen LogP contribution in [0.4, 0.5) is 26.7 Å². The van der Waals surface area contributed by atoms with Gasteiger partial charge >= 0.3 is 6.09 Å². The molecular formula is C35H38F5N3O9. The molecule has 0 unspecified atom stereocenters. The third-order valence-corrected chi connectivity index (χ3v) is 8.47. The van der Waals surface area contributed by atoms with Crippen molar-refractivity contribution in [3.63, 3.8) is 0 Å². The second-order valence-corrected chi connectivity index (χ2v) is 12.3. The fraction of sp³-hybridized carbons (Fsp3) is 0.400. The normalized spacial score (nSPS) is 27.8. The monoisotopic (exact) mass is 739 g/mol. The van der Waals surface area contributed by atoms with E-state index in [4.69, 9.17) is 19.9 Å². The van der Waals surface area contributed by atoms with Gasteiger partial charge in [-0.05, 0) is 38.2 Å². The number of nitrogens with two attached hydrogens (primary N) is 1. The molecule has 1 heterocycles. The SMILES string of the molecule is CO[C@H]1/C=C\C=C(/C)C(=O)NC2=CC(=O)C(NC(=O)c3c(F)c(F)c(F)c(F)c3F)=C(C[C@@H](C)C[C@H](OC)[C@H](O)[C@@H](C)/C=C(\C)[C@H]1OC(N)=O)C2=O. The van der Waals surface area contributed by atoms with Crippen molar-refractivity contribution in [3.05, 3.63) is 93.1 Å². The van der Waals surface area contributed by atoms with Crippen LogP contribution in [0.2, 0.25) is 0 Å². The molecule has 0 fully saturated rings. The molecule has 12 nitrogen and oxygen atoms in total. The van der Waals surface area contributed by atoms with E-state index in [-0.39, 0.29) is 18.4 Å². The zero-order valence-corrected chi connectivity index (χ0v) is 28.9. The van der Waals surface area contributed by atoms with Crippen LogP contribution in [0.1, 0.15) is 50.9 Å². The van der Waals surface area contributed by atoms with Crippen LogP contribution >= 0.6 is 0 Å². The molecule has 52 heavy (non-hydrogen) atoms. The van der Waals surface area contributed by atoms with Crippen molar-refractivity contribution in [3.8, 4) is 0 Å². The Hall–Kier alpha value is -5.00. The van der Waals surface area contributed by atoms with Crippen molar-refractivity contribution in [1.82, 2.24) is 10.6 Å². The van der Waals surface area contributed by atoms with Crippen LogP contribution in [0.25, 0.3) is 0 Å². The first kappa shape index (κ1) is 41.4. The minimum atomic E-state index is -2.51. The summed E-state index contributed by atoms with van der Waals surface area (Å²) in [5.41, 5.74) is 1.99. The number of halogens is 5. The molecule has 0 saturated carbocycles. The zero-order valence-electron chi connectivity index (χ0n) is 28.9. The van der Waals surface area contributed by atoms with Gasteiger partial charge in [0.2, 0.25) is 17.4 Å². The Morgan fingerprint density at radius 1 is 0.962 bits per heavy atom. The van der Waals surface area contributed by atoms with E-state index in [0.717, 1.165) is 0 Å². The number of nitrogens with one attached hydrogen (secondary N) is 2. The molecular weight excluding hydrogens is 701 g/mol. The summed E-state index contributed by atoms with van der Waals surface area (Å²) in [7, 11) is 2.64. The summed E-state index contributed by atoms with van der Waals surface area (Å²) >= 11 is 0. The van der Waals surface area contributed by atoms with Crippen LogP contribution in [0.3, 0.4) is 0 Å². The first-order valence-electron chi connectivity index (χ1n) is 15.7. The number of ketones is 2. The molecule has 6 atom stereocenters. The van der Waals surface area contributed by atoms with Gasteiger partial charge in [0.15, 0.2) is 29.4 Å². The fourth-order valence-electron chi connectivity index (χ4n) is 5.70. The number of hydrogen-bond acceptors (Lipinski definition) is 9. The van der Waals surface area contributed by atoms with Gasteiger partial charge < -0.3 is 35.7 Å². The lowest BCUT2D eigenvalue weighted by Crippen LogP contribution is -2.39. The van der Waals surface area contributed by atoms with Crippen molar-refractivity contribution in [2.75, 3.05) is 14.2 Å². The summed E-state index contributed by atoms with van der Waals surface area (Å²) in [6.45, 7) is 6.20. The number of fused-ring (bicyclic) bond motifs is 2. The number of hydrogen-bond donors (Lipinski definition) is 4. The van der Waals surface area contributed by atoms with Crippen molar-refractivity contribution < 1.29 is 65.2 Å². The third kappa shape index (κ3) is 9.26. The van der Waals surface area contributed by atoms with Gasteiger partial charge in [-0.1, -0.05) is 38.2 Å². The van der Waals surface area contributed by atoms with Gasteiger partial charge in [0.25, 0.3) is 11.8 Å². The molecule has 1 aromatic carbocycles. The molecule has 3 amide bonds. The standard InChI is InChI=1S/C35H38F5N3O9/c1-14-10-18-29(43-34(48)23-24(36)26(38)28(40)27(39)25(23)37)20(44)13-19(31(18)46)42-33(47)15(2)8-7-9-21(50-5)32(52-35(41)49)17(4)12-16(3)30(45)22(11-14)51-6/h7-9,12-14,16,21-22,30,32,45H,10-11H2,1-6H3,(H2,41,49)(H,42,47)(H,43,48)/b9-7-,15-8+,17-12+/t14-,16+,21+,22+,30-,32-/m1/s1. The molecule has 2 bridgehead atoms. The number of Topliss-reactive ketones (excluding diaryl/α,β-unsaturated/α-hetero) is 1. The number of methoxy groups -OCH3 is 2. The lowest BCUT2D eigenvalue weighted by Gasteiger charge is -2.30. The molecule has 1 aliphatic carbocycles. The van der Waals surface area contributed by atoms with Crippen LogP contribution in [0, 0.1) is 40.9 Å². The van der Waals surface area contributed by atoms with E-state index in [0.29, 0.717) is 11.6 Å². The predicted octanol–water partition coefficient (Wildman–Crippen LogP) is 3.89. The van der Waals surface area contributed by atoms with Crippen LogP contribution in [0.15, 0.2) is 58.5 Å². The molecule has 17 heteroatoms. The molecule has 0 aromatic heterocycles. The molecule has 1 aromatic rings. The molecule has 2 aliphatic rings. The van der Waals surface area contributed by atoms with Crippen LogP contribution in [0.5, 0.6) is 0 Å². The Kier molecular flexibility index (Phi) is 13.9. The maximum atomic E-state index is 14.5. The lowest BCUT2D eigenvalue weighted by molar-refractivity contribution is -0.120. The maximum absolute atomic E-state index is 14.5. The second kappa shape index (κ2) is 17.5. The van der Waals surface area contributed by atoms with E-state index < -0.39 is 117 Å². The van der Waals surface area contributed by atoms with Gasteiger partial charge in [-0.15, -0.1) is 0 Å². The van der Waals surface area contributed by atoms with E-state index in [9.17, 15) is 51.0 Å². The number of allylic oxidation sites excluding steroid dienone is 4. The smallest absolute Gasteiger partial charge is 0.405 e. The summed E-state index contributed by atoms with van der Waals surface area (Å²) in [5.74, 6) is -18.5. The Morgan fingerprint density at radius 3 is 2.12 bits per heavy atom. The highest BCUT2D eigenvalue weighted by molar-refractivity contribution is 6.24. The topological polar surface area (TPSA) is 183 Å². The number of aliphatic hydroxyl groups is 1. The number of ether oxygens (including phenoxy) is 3. The summed E-state index contributed by atoms with van der Waals surface area (Å²) < 4.78 is 86.7. The second-order valence-electron chi connectivity index (χ2n) is 12.3. The zero-order chi connectivity index (χ0) is 39.2. The highest BCUT2D eigenvalue weighted by Crippen LogP contribution is 2.30. The molecule has 3 rings (SSSR count). The molecule has 0 saturated heterocycles. The Bertz CT molecular complexity index is 1770. The van der Waals surface area contributed by atoms with Crippen molar-refractivity contribution in [2.24, 2.45) is 17.6 Å². The lowest BCUT2D eigenvalue weighted by atomic mass is 9.85. The van der Waals surface area contributed by atoms with Crippen LogP contribution < -0.4 is 16.4 Å². The van der Waals surface area contributed by atoms with Crippen molar-refractivity contribution >= 4 is 29.5 Å².